The maximum atomic E-state index is 10.7. The van der Waals surface area contributed by atoms with Crippen LogP contribution in [0.5, 0.6) is 0 Å². The Bertz CT molecular complexity index is 339. The number of hydrogen-bond acceptors (Lipinski definition) is 1. The van der Waals surface area contributed by atoms with Gasteiger partial charge in [-0.3, -0.25) is 0 Å². The van der Waals surface area contributed by atoms with Crippen molar-refractivity contribution < 1.29 is 4.79 Å². The van der Waals surface area contributed by atoms with Crippen molar-refractivity contribution in [2.24, 2.45) is 0 Å². The van der Waals surface area contributed by atoms with E-state index in [0.29, 0.717) is 0 Å². The summed E-state index contributed by atoms with van der Waals surface area (Å²) in [6.07, 6.45) is 1.81. The van der Waals surface area contributed by atoms with Gasteiger partial charge < -0.3 is 4.79 Å². The van der Waals surface area contributed by atoms with Crippen LogP contribution in [0.2, 0.25) is 0 Å². The number of rotatable bonds is 1. The zero-order valence-electron chi connectivity index (χ0n) is 6.79. The van der Waals surface area contributed by atoms with Gasteiger partial charge in [0.2, 0.25) is 0 Å². The molecule has 1 unspecified atom stereocenters. The third-order valence-electron chi connectivity index (χ3n) is 2.37. The largest absolute Gasteiger partial charge is 0.303 e. The molecule has 1 aliphatic carbocycles. The second-order valence-corrected chi connectivity index (χ2v) is 3.14. The van der Waals surface area contributed by atoms with Gasteiger partial charge in [0, 0.05) is 5.92 Å². The Kier molecular flexibility index (Phi) is 1.58. The SMILES string of the molecule is C=C1CC(C=O)c2ccccc21. The minimum absolute atomic E-state index is 0.0497. The first-order valence-corrected chi connectivity index (χ1v) is 4.05. The standard InChI is InChI=1S/C11H10O/c1-8-6-9(7-12)11-5-3-2-4-10(8)11/h2-5,7,9H,1,6H2. The number of allylic oxidation sites excluding steroid dienone is 1. The van der Waals surface area contributed by atoms with Crippen LogP contribution < -0.4 is 0 Å². The van der Waals surface area contributed by atoms with Crippen LogP contribution in [0.1, 0.15) is 23.5 Å². The van der Waals surface area contributed by atoms with Crippen LogP contribution in [0.15, 0.2) is 30.8 Å². The van der Waals surface area contributed by atoms with Gasteiger partial charge in [-0.25, -0.2) is 0 Å². The van der Waals surface area contributed by atoms with E-state index in [0.717, 1.165) is 29.4 Å². The molecule has 0 amide bonds. The summed E-state index contributed by atoms with van der Waals surface area (Å²) < 4.78 is 0. The van der Waals surface area contributed by atoms with E-state index in [4.69, 9.17) is 0 Å². The minimum Gasteiger partial charge on any atom is -0.303 e. The lowest BCUT2D eigenvalue weighted by Gasteiger charge is -1.99. The molecule has 0 saturated carbocycles. The number of fused-ring (bicyclic) bond motifs is 1. The average molecular weight is 158 g/mol. The van der Waals surface area contributed by atoms with Crippen LogP contribution in [-0.2, 0) is 4.79 Å². The van der Waals surface area contributed by atoms with E-state index < -0.39 is 0 Å². The fourth-order valence-corrected chi connectivity index (χ4v) is 1.75. The summed E-state index contributed by atoms with van der Waals surface area (Å²) in [4.78, 5) is 10.7. The number of carbonyl (C=O) groups excluding carboxylic acids is 1. The van der Waals surface area contributed by atoms with E-state index in [9.17, 15) is 4.79 Å². The second-order valence-electron chi connectivity index (χ2n) is 3.14. The van der Waals surface area contributed by atoms with Gasteiger partial charge in [-0.1, -0.05) is 30.8 Å². The first kappa shape index (κ1) is 7.29. The Labute approximate surface area is 71.7 Å². The normalized spacial score (nSPS) is 20.7. The van der Waals surface area contributed by atoms with Crippen molar-refractivity contribution in [2.75, 3.05) is 0 Å². The summed E-state index contributed by atoms with van der Waals surface area (Å²) >= 11 is 0. The fraction of sp³-hybridized carbons (Fsp3) is 0.182. The van der Waals surface area contributed by atoms with E-state index in [-0.39, 0.29) is 5.92 Å². The molecule has 1 heteroatoms. The maximum Gasteiger partial charge on any atom is 0.127 e. The van der Waals surface area contributed by atoms with Crippen LogP contribution in [0.4, 0.5) is 0 Å². The fourth-order valence-electron chi connectivity index (χ4n) is 1.75. The van der Waals surface area contributed by atoms with Crippen molar-refractivity contribution in [3.05, 3.63) is 42.0 Å². The first-order valence-electron chi connectivity index (χ1n) is 4.05. The highest BCUT2D eigenvalue weighted by molar-refractivity contribution is 5.80. The predicted molar refractivity (Wildman–Crippen MR) is 48.9 cm³/mol. The Morgan fingerprint density at radius 3 is 2.92 bits per heavy atom. The van der Waals surface area contributed by atoms with E-state index in [1.165, 1.54) is 0 Å². The molecule has 0 N–H and O–H groups in total. The molecule has 1 aliphatic rings. The molecule has 12 heavy (non-hydrogen) atoms. The molecule has 1 aromatic carbocycles. The van der Waals surface area contributed by atoms with Gasteiger partial charge in [0.1, 0.15) is 6.29 Å². The number of hydrogen-bond donors (Lipinski definition) is 0. The highest BCUT2D eigenvalue weighted by Crippen LogP contribution is 2.38. The molecule has 0 bridgehead atoms. The summed E-state index contributed by atoms with van der Waals surface area (Å²) in [7, 11) is 0. The molecule has 60 valence electrons. The van der Waals surface area contributed by atoms with Gasteiger partial charge in [0.25, 0.3) is 0 Å². The van der Waals surface area contributed by atoms with Crippen LogP contribution in [0, 0.1) is 0 Å². The molecule has 0 aliphatic heterocycles. The molecule has 0 aromatic heterocycles. The summed E-state index contributed by atoms with van der Waals surface area (Å²) in [5.74, 6) is 0.0497. The summed E-state index contributed by atoms with van der Waals surface area (Å²) in [5, 5.41) is 0. The number of carbonyl (C=O) groups is 1. The molecular formula is C11H10O. The van der Waals surface area contributed by atoms with Crippen LogP contribution >= 0.6 is 0 Å². The topological polar surface area (TPSA) is 17.1 Å². The highest BCUT2D eigenvalue weighted by atomic mass is 16.1. The van der Waals surface area contributed by atoms with Crippen molar-refractivity contribution in [2.45, 2.75) is 12.3 Å². The van der Waals surface area contributed by atoms with Crippen LogP contribution in [0.25, 0.3) is 5.57 Å². The zero-order valence-corrected chi connectivity index (χ0v) is 6.79. The second kappa shape index (κ2) is 2.59. The molecule has 0 spiro atoms. The third kappa shape index (κ3) is 0.900. The molecule has 1 aromatic rings. The Hall–Kier alpha value is -1.37. The molecule has 1 atom stereocenters. The van der Waals surface area contributed by atoms with Crippen molar-refractivity contribution in [1.29, 1.82) is 0 Å². The monoisotopic (exact) mass is 158 g/mol. The summed E-state index contributed by atoms with van der Waals surface area (Å²) in [5.41, 5.74) is 3.38. The van der Waals surface area contributed by atoms with Gasteiger partial charge in [-0.15, -0.1) is 0 Å². The quantitative estimate of drug-likeness (QED) is 0.573. The molecule has 0 radical (unpaired) electrons. The lowest BCUT2D eigenvalue weighted by atomic mass is 10.0. The van der Waals surface area contributed by atoms with Gasteiger partial charge in [-0.2, -0.15) is 0 Å². The maximum absolute atomic E-state index is 10.7. The zero-order chi connectivity index (χ0) is 8.55. The minimum atomic E-state index is 0.0497. The van der Waals surface area contributed by atoms with Gasteiger partial charge in [0.15, 0.2) is 0 Å². The van der Waals surface area contributed by atoms with Crippen molar-refractivity contribution in [1.82, 2.24) is 0 Å². The molecule has 0 heterocycles. The molecular weight excluding hydrogens is 148 g/mol. The lowest BCUT2D eigenvalue weighted by molar-refractivity contribution is -0.108. The van der Waals surface area contributed by atoms with Crippen LogP contribution in [-0.4, -0.2) is 6.29 Å². The van der Waals surface area contributed by atoms with Gasteiger partial charge in [-0.05, 0) is 23.1 Å². The van der Waals surface area contributed by atoms with Gasteiger partial charge >= 0.3 is 0 Å². The molecule has 1 nitrogen and oxygen atoms in total. The van der Waals surface area contributed by atoms with E-state index >= 15 is 0 Å². The van der Waals surface area contributed by atoms with Gasteiger partial charge in [0.05, 0.1) is 0 Å². The van der Waals surface area contributed by atoms with Crippen molar-refractivity contribution in [3.8, 4) is 0 Å². The Morgan fingerprint density at radius 2 is 2.17 bits per heavy atom. The molecule has 0 fully saturated rings. The van der Waals surface area contributed by atoms with E-state index in [2.05, 4.69) is 6.58 Å². The number of aldehydes is 1. The Morgan fingerprint density at radius 1 is 1.42 bits per heavy atom. The average Bonchev–Trinajstić information content (AvgIpc) is 2.44. The molecule has 2 rings (SSSR count). The lowest BCUT2D eigenvalue weighted by Crippen LogP contribution is -1.92. The predicted octanol–water partition coefficient (Wildman–Crippen LogP) is 2.39. The van der Waals surface area contributed by atoms with E-state index in [1.807, 2.05) is 24.3 Å². The third-order valence-corrected chi connectivity index (χ3v) is 2.37. The number of benzene rings is 1. The first-order chi connectivity index (χ1) is 5.83. The van der Waals surface area contributed by atoms with Crippen LogP contribution in [0.3, 0.4) is 0 Å². The van der Waals surface area contributed by atoms with Crippen molar-refractivity contribution in [3.63, 3.8) is 0 Å². The summed E-state index contributed by atoms with van der Waals surface area (Å²) in [6.45, 7) is 3.93. The smallest absolute Gasteiger partial charge is 0.127 e. The van der Waals surface area contributed by atoms with E-state index in [1.54, 1.807) is 0 Å². The summed E-state index contributed by atoms with van der Waals surface area (Å²) in [6, 6.07) is 7.98. The Balaban J connectivity index is 2.57. The van der Waals surface area contributed by atoms with Crippen molar-refractivity contribution >= 4 is 11.9 Å². The molecule has 0 saturated heterocycles. The highest BCUT2D eigenvalue weighted by Gasteiger charge is 2.23.